The summed E-state index contributed by atoms with van der Waals surface area (Å²) in [7, 11) is 0. The molecule has 59 valence electrons. The number of nitrogens with one attached hydrogen (secondary N) is 1. The van der Waals surface area contributed by atoms with E-state index in [1.54, 1.807) is 6.08 Å². The third kappa shape index (κ3) is 0.993. The number of rotatable bonds is 2. The van der Waals surface area contributed by atoms with Crippen molar-refractivity contribution in [3.63, 3.8) is 0 Å². The summed E-state index contributed by atoms with van der Waals surface area (Å²) in [6.07, 6.45) is 3.65. The summed E-state index contributed by atoms with van der Waals surface area (Å²) in [6.45, 7) is 3.63. The van der Waals surface area contributed by atoms with Crippen molar-refractivity contribution in [2.45, 2.75) is 0 Å². The number of allylic oxidation sites excluding steroid dienone is 1. The van der Waals surface area contributed by atoms with Crippen LogP contribution in [0, 0.1) is 6.42 Å². The number of benzene rings is 1. The van der Waals surface area contributed by atoms with Gasteiger partial charge in [0.25, 0.3) is 0 Å². The number of nitrogens with zero attached hydrogens (tertiary/aromatic N) is 2. The molecule has 0 aliphatic carbocycles. The topological polar surface area (TPSA) is 41.6 Å². The van der Waals surface area contributed by atoms with Gasteiger partial charge < -0.3 is 0 Å². The fraction of sp³-hybridized carbons (Fsp3) is 0. The normalized spacial score (nSPS) is 10.3. The first kappa shape index (κ1) is 7.03. The number of hydrogen-bond acceptors (Lipinski definition) is 2. The summed E-state index contributed by atoms with van der Waals surface area (Å²) >= 11 is 0. The standard InChI is InChI=1S/C9H8N3/c1-2-4-7-5-3-6-8-9(7)11-12-10-8/h2-6H,1H2,(H,10,11,12). The van der Waals surface area contributed by atoms with E-state index in [1.165, 1.54) is 0 Å². The molecule has 1 radical (unpaired) electrons. The predicted molar refractivity (Wildman–Crippen MR) is 47.5 cm³/mol. The highest BCUT2D eigenvalue weighted by molar-refractivity contribution is 5.78. The van der Waals surface area contributed by atoms with Crippen molar-refractivity contribution in [2.75, 3.05) is 0 Å². The maximum atomic E-state index is 3.95. The lowest BCUT2D eigenvalue weighted by atomic mass is 10.1. The van der Waals surface area contributed by atoms with Gasteiger partial charge in [-0.2, -0.15) is 0 Å². The number of H-pyrrole nitrogens is 1. The Bertz CT molecular complexity index is 403. The molecular formula is C9H8N3. The Labute approximate surface area is 70.1 Å². The zero-order valence-electron chi connectivity index (χ0n) is 6.49. The molecule has 1 aromatic heterocycles. The van der Waals surface area contributed by atoms with Crippen LogP contribution in [-0.2, 0) is 0 Å². The molecular weight excluding hydrogens is 150 g/mol. The highest BCUT2D eigenvalue weighted by atomic mass is 15.3. The molecule has 3 nitrogen and oxygen atoms in total. The summed E-state index contributed by atoms with van der Waals surface area (Å²) in [5.41, 5.74) is 2.87. The van der Waals surface area contributed by atoms with Crippen LogP contribution >= 0.6 is 0 Å². The minimum Gasteiger partial charge on any atom is -0.258 e. The first-order valence-electron chi connectivity index (χ1n) is 3.67. The molecule has 0 bridgehead atoms. The minimum atomic E-state index is 0.886. The van der Waals surface area contributed by atoms with Crippen molar-refractivity contribution in [1.82, 2.24) is 15.4 Å². The van der Waals surface area contributed by atoms with E-state index in [1.807, 2.05) is 24.6 Å². The van der Waals surface area contributed by atoms with Gasteiger partial charge in [-0.1, -0.05) is 23.4 Å². The lowest BCUT2D eigenvalue weighted by Gasteiger charge is -1.94. The maximum absolute atomic E-state index is 3.95. The van der Waals surface area contributed by atoms with Crippen molar-refractivity contribution in [1.29, 1.82) is 0 Å². The highest BCUT2D eigenvalue weighted by Gasteiger charge is 2.01. The first-order valence-corrected chi connectivity index (χ1v) is 3.67. The second-order valence-corrected chi connectivity index (χ2v) is 2.46. The molecule has 3 heteroatoms. The van der Waals surface area contributed by atoms with Crippen LogP contribution in [0.15, 0.2) is 30.9 Å². The number of hydrogen-bond donors (Lipinski definition) is 1. The van der Waals surface area contributed by atoms with Crippen LogP contribution in [0.25, 0.3) is 11.0 Å². The summed E-state index contributed by atoms with van der Waals surface area (Å²) in [6, 6.07) is 5.87. The number of aromatic amines is 1. The van der Waals surface area contributed by atoms with Crippen LogP contribution in [0.1, 0.15) is 5.56 Å². The van der Waals surface area contributed by atoms with E-state index in [4.69, 9.17) is 0 Å². The van der Waals surface area contributed by atoms with E-state index in [9.17, 15) is 0 Å². The summed E-state index contributed by atoms with van der Waals surface area (Å²) in [4.78, 5) is 0. The maximum Gasteiger partial charge on any atom is 0.116 e. The smallest absolute Gasteiger partial charge is 0.116 e. The Morgan fingerprint density at radius 2 is 2.33 bits per heavy atom. The highest BCUT2D eigenvalue weighted by Crippen LogP contribution is 2.14. The van der Waals surface area contributed by atoms with Crippen LogP contribution < -0.4 is 0 Å². The molecule has 0 atom stereocenters. The van der Waals surface area contributed by atoms with Gasteiger partial charge in [-0.05, 0) is 11.6 Å². The fourth-order valence-electron chi connectivity index (χ4n) is 1.15. The van der Waals surface area contributed by atoms with Crippen molar-refractivity contribution in [2.24, 2.45) is 0 Å². The Hall–Kier alpha value is -1.64. The predicted octanol–water partition coefficient (Wildman–Crippen LogP) is 1.70. The number of fused-ring (bicyclic) bond motifs is 1. The minimum absolute atomic E-state index is 0.886. The number of aromatic nitrogens is 3. The van der Waals surface area contributed by atoms with Crippen molar-refractivity contribution >= 4 is 11.0 Å². The van der Waals surface area contributed by atoms with Gasteiger partial charge in [0.05, 0.1) is 5.52 Å². The van der Waals surface area contributed by atoms with E-state index in [0.29, 0.717) is 0 Å². The second-order valence-electron chi connectivity index (χ2n) is 2.46. The van der Waals surface area contributed by atoms with E-state index in [0.717, 1.165) is 16.6 Å². The molecule has 0 saturated carbocycles. The molecule has 0 saturated heterocycles. The Morgan fingerprint density at radius 1 is 1.42 bits per heavy atom. The van der Waals surface area contributed by atoms with Gasteiger partial charge in [0.2, 0.25) is 0 Å². The zero-order valence-corrected chi connectivity index (χ0v) is 6.49. The summed E-state index contributed by atoms with van der Waals surface area (Å²) in [5, 5.41) is 10.5. The molecule has 12 heavy (non-hydrogen) atoms. The van der Waals surface area contributed by atoms with Crippen LogP contribution in [0.5, 0.6) is 0 Å². The first-order chi connectivity index (χ1) is 5.92. The van der Waals surface area contributed by atoms with Gasteiger partial charge >= 0.3 is 0 Å². The van der Waals surface area contributed by atoms with Crippen LogP contribution in [0.2, 0.25) is 0 Å². The van der Waals surface area contributed by atoms with Gasteiger partial charge in [-0.25, -0.2) is 0 Å². The largest absolute Gasteiger partial charge is 0.258 e. The molecule has 1 N–H and O–H groups in total. The van der Waals surface area contributed by atoms with Gasteiger partial charge in [0.1, 0.15) is 5.52 Å². The van der Waals surface area contributed by atoms with Crippen LogP contribution in [0.3, 0.4) is 0 Å². The average Bonchev–Trinajstić information content (AvgIpc) is 2.53. The molecule has 0 amide bonds. The fourth-order valence-corrected chi connectivity index (χ4v) is 1.15. The Balaban J connectivity index is 2.65. The molecule has 0 aliphatic heterocycles. The third-order valence-corrected chi connectivity index (χ3v) is 1.69. The Kier molecular flexibility index (Phi) is 1.63. The van der Waals surface area contributed by atoms with E-state index in [-0.39, 0.29) is 0 Å². The molecule has 1 heterocycles. The molecule has 0 fully saturated rings. The lowest BCUT2D eigenvalue weighted by molar-refractivity contribution is 0.958. The van der Waals surface area contributed by atoms with Crippen molar-refractivity contribution < 1.29 is 0 Å². The SMILES string of the molecule is C=C[CH]c1cccc2[nH]nnc12. The molecule has 0 unspecified atom stereocenters. The molecule has 1 aromatic carbocycles. The van der Waals surface area contributed by atoms with Crippen LogP contribution in [-0.4, -0.2) is 15.4 Å². The molecule has 0 aliphatic rings. The van der Waals surface area contributed by atoms with E-state index >= 15 is 0 Å². The monoisotopic (exact) mass is 158 g/mol. The molecule has 0 spiro atoms. The molecule has 2 aromatic rings. The van der Waals surface area contributed by atoms with E-state index in [2.05, 4.69) is 22.0 Å². The quantitative estimate of drug-likeness (QED) is 0.722. The van der Waals surface area contributed by atoms with Crippen LogP contribution in [0.4, 0.5) is 0 Å². The summed E-state index contributed by atoms with van der Waals surface area (Å²) in [5.74, 6) is 0. The average molecular weight is 158 g/mol. The zero-order chi connectivity index (χ0) is 8.39. The third-order valence-electron chi connectivity index (χ3n) is 1.69. The van der Waals surface area contributed by atoms with Gasteiger partial charge in [0, 0.05) is 6.42 Å². The van der Waals surface area contributed by atoms with Crippen molar-refractivity contribution in [3.8, 4) is 0 Å². The second kappa shape index (κ2) is 2.77. The van der Waals surface area contributed by atoms with Crippen molar-refractivity contribution in [3.05, 3.63) is 42.8 Å². The summed E-state index contributed by atoms with van der Waals surface area (Å²) < 4.78 is 0. The Morgan fingerprint density at radius 3 is 3.17 bits per heavy atom. The molecule has 2 rings (SSSR count). The van der Waals surface area contributed by atoms with E-state index < -0.39 is 0 Å². The van der Waals surface area contributed by atoms with Gasteiger partial charge in [-0.15, -0.1) is 11.7 Å². The van der Waals surface area contributed by atoms with Gasteiger partial charge in [-0.3, -0.25) is 5.10 Å². The van der Waals surface area contributed by atoms with Gasteiger partial charge in [0.15, 0.2) is 0 Å². The lowest BCUT2D eigenvalue weighted by Crippen LogP contribution is -1.80.